The molecule has 0 saturated heterocycles. The first-order chi connectivity index (χ1) is 10.2. The summed E-state index contributed by atoms with van der Waals surface area (Å²) in [5.41, 5.74) is 2.42. The van der Waals surface area contributed by atoms with Crippen molar-refractivity contribution in [3.8, 4) is 0 Å². The second kappa shape index (κ2) is 8.15. The molecule has 0 aliphatic rings. The third-order valence-corrected chi connectivity index (χ3v) is 4.42. The Balaban J connectivity index is 2.06. The molecule has 1 N–H and O–H groups in total. The number of aryl methyl sites for hydroxylation is 1. The standard InChI is InChI=1S/C17H25N3S/c1-4-10-18-12-15-8-9-17(19-14(15)3)20(5-2)13-16-7-6-11-21-16/h6-9,11,18H,4-5,10,12-13H2,1-3H3. The van der Waals surface area contributed by atoms with E-state index < -0.39 is 0 Å². The fourth-order valence-corrected chi connectivity index (χ4v) is 3.00. The van der Waals surface area contributed by atoms with Crippen molar-refractivity contribution >= 4 is 17.2 Å². The first-order valence-corrected chi connectivity index (χ1v) is 8.57. The van der Waals surface area contributed by atoms with Crippen LogP contribution in [0.2, 0.25) is 0 Å². The van der Waals surface area contributed by atoms with E-state index in [1.807, 2.05) is 0 Å². The molecule has 3 nitrogen and oxygen atoms in total. The van der Waals surface area contributed by atoms with E-state index in [1.54, 1.807) is 11.3 Å². The van der Waals surface area contributed by atoms with Crippen molar-refractivity contribution in [2.75, 3.05) is 18.0 Å². The van der Waals surface area contributed by atoms with Crippen LogP contribution in [0.4, 0.5) is 5.82 Å². The molecule has 0 atom stereocenters. The van der Waals surface area contributed by atoms with Crippen LogP contribution in [0.25, 0.3) is 0 Å². The van der Waals surface area contributed by atoms with Crippen LogP contribution in [-0.4, -0.2) is 18.1 Å². The summed E-state index contributed by atoms with van der Waals surface area (Å²) >= 11 is 1.80. The maximum Gasteiger partial charge on any atom is 0.129 e. The molecule has 2 heterocycles. The highest BCUT2D eigenvalue weighted by Crippen LogP contribution is 2.19. The van der Waals surface area contributed by atoms with Crippen molar-refractivity contribution in [3.05, 3.63) is 45.8 Å². The molecule has 0 spiro atoms. The van der Waals surface area contributed by atoms with E-state index in [4.69, 9.17) is 4.98 Å². The summed E-state index contributed by atoms with van der Waals surface area (Å²) in [4.78, 5) is 8.50. The number of hydrogen-bond acceptors (Lipinski definition) is 4. The predicted octanol–water partition coefficient (Wildman–Crippen LogP) is 3.98. The number of anilines is 1. The van der Waals surface area contributed by atoms with Crippen LogP contribution in [0.1, 0.15) is 36.4 Å². The quantitative estimate of drug-likeness (QED) is 0.748. The number of pyridine rings is 1. The Morgan fingerprint density at radius 3 is 2.71 bits per heavy atom. The van der Waals surface area contributed by atoms with Crippen LogP contribution in [0, 0.1) is 6.92 Å². The zero-order chi connectivity index (χ0) is 15.1. The van der Waals surface area contributed by atoms with E-state index in [0.717, 1.165) is 44.1 Å². The van der Waals surface area contributed by atoms with Gasteiger partial charge in [0, 0.05) is 23.7 Å². The Bertz CT molecular complexity index is 537. The van der Waals surface area contributed by atoms with Gasteiger partial charge in [-0.05, 0) is 49.9 Å². The maximum atomic E-state index is 4.79. The van der Waals surface area contributed by atoms with Gasteiger partial charge in [-0.15, -0.1) is 11.3 Å². The predicted molar refractivity (Wildman–Crippen MR) is 92.0 cm³/mol. The Morgan fingerprint density at radius 1 is 1.24 bits per heavy atom. The van der Waals surface area contributed by atoms with E-state index >= 15 is 0 Å². The van der Waals surface area contributed by atoms with E-state index in [9.17, 15) is 0 Å². The Morgan fingerprint density at radius 2 is 2.10 bits per heavy atom. The highest BCUT2D eigenvalue weighted by atomic mass is 32.1. The number of thiophene rings is 1. The van der Waals surface area contributed by atoms with Crippen LogP contribution >= 0.6 is 11.3 Å². The number of aromatic nitrogens is 1. The van der Waals surface area contributed by atoms with Gasteiger partial charge >= 0.3 is 0 Å². The van der Waals surface area contributed by atoms with Crippen LogP contribution < -0.4 is 10.2 Å². The molecule has 0 aromatic carbocycles. The minimum absolute atomic E-state index is 0.907. The number of rotatable bonds is 8. The van der Waals surface area contributed by atoms with E-state index in [1.165, 1.54) is 10.4 Å². The normalized spacial score (nSPS) is 10.8. The second-order valence-corrected chi connectivity index (χ2v) is 6.22. The lowest BCUT2D eigenvalue weighted by Crippen LogP contribution is -2.23. The van der Waals surface area contributed by atoms with Gasteiger partial charge in [0.2, 0.25) is 0 Å². The molecule has 0 bridgehead atoms. The highest BCUT2D eigenvalue weighted by molar-refractivity contribution is 7.09. The molecule has 0 radical (unpaired) electrons. The SMILES string of the molecule is CCCNCc1ccc(N(CC)Cc2cccs2)nc1C. The van der Waals surface area contributed by atoms with Gasteiger partial charge in [0.05, 0.1) is 6.54 Å². The van der Waals surface area contributed by atoms with Crippen molar-refractivity contribution in [3.63, 3.8) is 0 Å². The van der Waals surface area contributed by atoms with Crippen molar-refractivity contribution < 1.29 is 0 Å². The topological polar surface area (TPSA) is 28.2 Å². The van der Waals surface area contributed by atoms with Gasteiger partial charge in [0.1, 0.15) is 5.82 Å². The molecular formula is C17H25N3S. The first-order valence-electron chi connectivity index (χ1n) is 7.69. The molecule has 2 aromatic rings. The van der Waals surface area contributed by atoms with E-state index in [2.05, 4.69) is 60.6 Å². The summed E-state index contributed by atoms with van der Waals surface area (Å²) in [5, 5.41) is 5.57. The Labute approximate surface area is 132 Å². The molecule has 0 unspecified atom stereocenters. The van der Waals surface area contributed by atoms with Crippen molar-refractivity contribution in [2.45, 2.75) is 40.3 Å². The maximum absolute atomic E-state index is 4.79. The molecule has 0 aliphatic carbocycles. The van der Waals surface area contributed by atoms with Crippen LogP contribution in [-0.2, 0) is 13.1 Å². The summed E-state index contributed by atoms with van der Waals surface area (Å²) in [5.74, 6) is 1.07. The summed E-state index contributed by atoms with van der Waals surface area (Å²) < 4.78 is 0. The highest BCUT2D eigenvalue weighted by Gasteiger charge is 2.09. The lowest BCUT2D eigenvalue weighted by atomic mass is 10.2. The van der Waals surface area contributed by atoms with Crippen molar-refractivity contribution in [1.82, 2.24) is 10.3 Å². The molecule has 0 saturated carbocycles. The molecule has 21 heavy (non-hydrogen) atoms. The molecule has 114 valence electrons. The average Bonchev–Trinajstić information content (AvgIpc) is 2.99. The number of nitrogens with zero attached hydrogens (tertiary/aromatic N) is 2. The van der Waals surface area contributed by atoms with E-state index in [0.29, 0.717) is 0 Å². The largest absolute Gasteiger partial charge is 0.352 e. The fourth-order valence-electron chi connectivity index (χ4n) is 2.28. The summed E-state index contributed by atoms with van der Waals surface area (Å²) in [6, 6.07) is 8.64. The number of nitrogens with one attached hydrogen (secondary N) is 1. The minimum atomic E-state index is 0.907. The monoisotopic (exact) mass is 303 g/mol. The summed E-state index contributed by atoms with van der Waals surface area (Å²) in [6.45, 7) is 10.3. The van der Waals surface area contributed by atoms with Crippen molar-refractivity contribution in [2.24, 2.45) is 0 Å². The second-order valence-electron chi connectivity index (χ2n) is 5.18. The zero-order valence-corrected chi connectivity index (χ0v) is 14.0. The third-order valence-electron chi connectivity index (χ3n) is 3.56. The third kappa shape index (κ3) is 4.55. The van der Waals surface area contributed by atoms with Gasteiger partial charge in [-0.3, -0.25) is 0 Å². The zero-order valence-electron chi connectivity index (χ0n) is 13.2. The molecule has 0 amide bonds. The Hall–Kier alpha value is -1.39. The lowest BCUT2D eigenvalue weighted by Gasteiger charge is -2.22. The van der Waals surface area contributed by atoms with Crippen LogP contribution in [0.15, 0.2) is 29.6 Å². The van der Waals surface area contributed by atoms with Gasteiger partial charge in [-0.1, -0.05) is 19.1 Å². The van der Waals surface area contributed by atoms with Crippen LogP contribution in [0.5, 0.6) is 0 Å². The molecule has 0 fully saturated rings. The van der Waals surface area contributed by atoms with Crippen molar-refractivity contribution in [1.29, 1.82) is 0 Å². The molecule has 2 aromatic heterocycles. The smallest absolute Gasteiger partial charge is 0.129 e. The first kappa shape index (κ1) is 16.0. The molecular weight excluding hydrogens is 278 g/mol. The molecule has 2 rings (SSSR count). The van der Waals surface area contributed by atoms with Gasteiger partial charge in [-0.25, -0.2) is 4.98 Å². The van der Waals surface area contributed by atoms with Gasteiger partial charge in [0.25, 0.3) is 0 Å². The minimum Gasteiger partial charge on any atom is -0.352 e. The van der Waals surface area contributed by atoms with Gasteiger partial charge in [-0.2, -0.15) is 0 Å². The van der Waals surface area contributed by atoms with Gasteiger partial charge in [0.15, 0.2) is 0 Å². The average molecular weight is 303 g/mol. The number of hydrogen-bond donors (Lipinski definition) is 1. The van der Waals surface area contributed by atoms with Crippen LogP contribution in [0.3, 0.4) is 0 Å². The molecule has 0 aliphatic heterocycles. The lowest BCUT2D eigenvalue weighted by molar-refractivity contribution is 0.670. The Kier molecular flexibility index (Phi) is 6.21. The summed E-state index contributed by atoms with van der Waals surface area (Å²) in [7, 11) is 0. The molecule has 4 heteroatoms. The van der Waals surface area contributed by atoms with E-state index in [-0.39, 0.29) is 0 Å². The van der Waals surface area contributed by atoms with Gasteiger partial charge < -0.3 is 10.2 Å². The fraction of sp³-hybridized carbons (Fsp3) is 0.471. The summed E-state index contributed by atoms with van der Waals surface area (Å²) in [6.07, 6.45) is 1.16.